The van der Waals surface area contributed by atoms with Gasteiger partial charge in [0.15, 0.2) is 0 Å². The Balaban J connectivity index is 2.39. The van der Waals surface area contributed by atoms with Crippen LogP contribution in [0.4, 0.5) is 0 Å². The van der Waals surface area contributed by atoms with Gasteiger partial charge in [-0.15, -0.1) is 0 Å². The molecule has 0 fully saturated rings. The van der Waals surface area contributed by atoms with Gasteiger partial charge in [-0.05, 0) is 18.4 Å². The number of carbonyl (C=O) groups excluding carboxylic acids is 1. The summed E-state index contributed by atoms with van der Waals surface area (Å²) < 4.78 is 21.9. The maximum absolute atomic E-state index is 11.5. The third-order valence-electron chi connectivity index (χ3n) is 2.95. The highest BCUT2D eigenvalue weighted by molar-refractivity contribution is 7.90. The Morgan fingerprint density at radius 2 is 1.84 bits per heavy atom. The van der Waals surface area contributed by atoms with Crippen molar-refractivity contribution in [3.63, 3.8) is 0 Å². The van der Waals surface area contributed by atoms with Gasteiger partial charge < -0.3 is 5.32 Å². The Hall–Kier alpha value is -1.36. The van der Waals surface area contributed by atoms with Crippen LogP contribution in [0.1, 0.15) is 30.4 Å². The fourth-order valence-corrected chi connectivity index (χ4v) is 2.20. The molecule has 1 rings (SSSR count). The van der Waals surface area contributed by atoms with Crippen molar-refractivity contribution >= 4 is 15.7 Å². The summed E-state index contributed by atoms with van der Waals surface area (Å²) in [6, 6.07) is 8.17. The minimum atomic E-state index is -3.08. The van der Waals surface area contributed by atoms with Gasteiger partial charge in [-0.3, -0.25) is 4.79 Å². The van der Waals surface area contributed by atoms with E-state index in [1.807, 2.05) is 38.1 Å². The summed E-state index contributed by atoms with van der Waals surface area (Å²) in [4.78, 5) is 11.5. The van der Waals surface area contributed by atoms with Gasteiger partial charge in [0, 0.05) is 19.2 Å². The van der Waals surface area contributed by atoms with Gasteiger partial charge in [0.25, 0.3) is 0 Å². The van der Waals surface area contributed by atoms with Crippen molar-refractivity contribution in [1.29, 1.82) is 0 Å². The molecular weight excluding hydrogens is 262 g/mol. The van der Waals surface area contributed by atoms with Crippen LogP contribution >= 0.6 is 0 Å². The summed E-state index contributed by atoms with van der Waals surface area (Å²) in [5, 5.41) is 2.76. The van der Waals surface area contributed by atoms with Gasteiger partial charge in [-0.1, -0.05) is 36.8 Å². The highest BCUT2D eigenvalue weighted by Crippen LogP contribution is 2.14. The average Bonchev–Trinajstić information content (AvgIpc) is 2.33. The molecule has 0 aromatic heterocycles. The second-order valence-corrected chi connectivity index (χ2v) is 7.26. The van der Waals surface area contributed by atoms with E-state index in [4.69, 9.17) is 0 Å². The minimum absolute atomic E-state index is 0.0272. The minimum Gasteiger partial charge on any atom is -0.355 e. The maximum Gasteiger partial charge on any atom is 0.221 e. The molecule has 0 spiro atoms. The number of hydrogen-bond acceptors (Lipinski definition) is 3. The SMILES string of the molecule is Cc1ccc([C@@H](C)CNC(=O)CCS(C)(=O)=O)cc1. The van der Waals surface area contributed by atoms with E-state index in [0.29, 0.717) is 6.54 Å². The third-order valence-corrected chi connectivity index (χ3v) is 3.90. The second kappa shape index (κ2) is 6.70. The number of rotatable bonds is 6. The van der Waals surface area contributed by atoms with Gasteiger partial charge >= 0.3 is 0 Å². The summed E-state index contributed by atoms with van der Waals surface area (Å²) in [7, 11) is -3.08. The molecule has 0 radical (unpaired) electrons. The van der Waals surface area contributed by atoms with E-state index in [2.05, 4.69) is 5.32 Å². The molecule has 5 heteroatoms. The van der Waals surface area contributed by atoms with Crippen molar-refractivity contribution in [2.24, 2.45) is 0 Å². The van der Waals surface area contributed by atoms with Crippen LogP contribution in [0.25, 0.3) is 0 Å². The van der Waals surface area contributed by atoms with E-state index >= 15 is 0 Å². The maximum atomic E-state index is 11.5. The Kier molecular flexibility index (Phi) is 5.54. The van der Waals surface area contributed by atoms with E-state index in [9.17, 15) is 13.2 Å². The Morgan fingerprint density at radius 1 is 1.26 bits per heavy atom. The molecule has 1 amide bonds. The number of aryl methyl sites for hydroxylation is 1. The van der Waals surface area contributed by atoms with Crippen LogP contribution in [0.15, 0.2) is 24.3 Å². The van der Waals surface area contributed by atoms with E-state index in [0.717, 1.165) is 11.8 Å². The lowest BCUT2D eigenvalue weighted by atomic mass is 10.00. The van der Waals surface area contributed by atoms with E-state index in [-0.39, 0.29) is 24.0 Å². The molecule has 1 atom stereocenters. The molecule has 0 aliphatic heterocycles. The van der Waals surface area contributed by atoms with Crippen molar-refractivity contribution < 1.29 is 13.2 Å². The Morgan fingerprint density at radius 3 is 2.37 bits per heavy atom. The zero-order valence-corrected chi connectivity index (χ0v) is 12.5. The first kappa shape index (κ1) is 15.7. The topological polar surface area (TPSA) is 63.2 Å². The highest BCUT2D eigenvalue weighted by atomic mass is 32.2. The first-order valence-electron chi connectivity index (χ1n) is 6.29. The van der Waals surface area contributed by atoms with E-state index in [1.54, 1.807) is 0 Å². The van der Waals surface area contributed by atoms with Gasteiger partial charge in [0.1, 0.15) is 9.84 Å². The van der Waals surface area contributed by atoms with Crippen LogP contribution in [0.2, 0.25) is 0 Å². The molecule has 0 aliphatic rings. The zero-order chi connectivity index (χ0) is 14.5. The van der Waals surface area contributed by atoms with Crippen molar-refractivity contribution in [3.8, 4) is 0 Å². The first-order valence-corrected chi connectivity index (χ1v) is 8.35. The summed E-state index contributed by atoms with van der Waals surface area (Å²) in [6.45, 7) is 4.58. The Bertz CT molecular complexity index is 520. The molecule has 0 bridgehead atoms. The first-order chi connectivity index (χ1) is 8.78. The van der Waals surface area contributed by atoms with E-state index in [1.165, 1.54) is 5.56 Å². The number of sulfone groups is 1. The summed E-state index contributed by atoms with van der Waals surface area (Å²) in [5.74, 6) is -0.107. The normalized spacial score (nSPS) is 13.0. The molecule has 0 unspecified atom stereocenters. The molecule has 4 nitrogen and oxygen atoms in total. The van der Waals surface area contributed by atoms with Crippen molar-refractivity contribution in [2.45, 2.75) is 26.2 Å². The lowest BCUT2D eigenvalue weighted by Crippen LogP contribution is -2.28. The molecule has 0 heterocycles. The largest absolute Gasteiger partial charge is 0.355 e. The fourth-order valence-electron chi connectivity index (χ4n) is 1.65. The zero-order valence-electron chi connectivity index (χ0n) is 11.6. The third kappa shape index (κ3) is 6.38. The van der Waals surface area contributed by atoms with Crippen LogP contribution in [-0.2, 0) is 14.6 Å². The lowest BCUT2D eigenvalue weighted by Gasteiger charge is -2.13. The number of amides is 1. The molecule has 1 N–H and O–H groups in total. The van der Waals surface area contributed by atoms with Crippen LogP contribution in [0.3, 0.4) is 0 Å². The highest BCUT2D eigenvalue weighted by Gasteiger charge is 2.10. The number of benzene rings is 1. The van der Waals surface area contributed by atoms with Crippen molar-refractivity contribution in [3.05, 3.63) is 35.4 Å². The summed E-state index contributed by atoms with van der Waals surface area (Å²) in [6.07, 6.45) is 1.16. The quantitative estimate of drug-likeness (QED) is 0.863. The van der Waals surface area contributed by atoms with Crippen LogP contribution in [-0.4, -0.2) is 32.9 Å². The molecular formula is C14H21NO3S. The molecule has 0 saturated carbocycles. The number of nitrogens with one attached hydrogen (secondary N) is 1. The number of hydrogen-bond donors (Lipinski definition) is 1. The summed E-state index contributed by atoms with van der Waals surface area (Å²) >= 11 is 0. The molecule has 0 saturated heterocycles. The molecule has 106 valence electrons. The van der Waals surface area contributed by atoms with Gasteiger partial charge in [0.2, 0.25) is 5.91 Å². The standard InChI is InChI=1S/C14H21NO3S/c1-11-4-6-13(7-5-11)12(2)10-15-14(16)8-9-19(3,17)18/h4-7,12H,8-10H2,1-3H3,(H,15,16)/t12-/m0/s1. The van der Waals surface area contributed by atoms with Crippen molar-refractivity contribution in [2.75, 3.05) is 18.6 Å². The average molecular weight is 283 g/mol. The van der Waals surface area contributed by atoms with E-state index < -0.39 is 9.84 Å². The lowest BCUT2D eigenvalue weighted by molar-refractivity contribution is -0.120. The predicted molar refractivity (Wildman–Crippen MR) is 76.9 cm³/mol. The van der Waals surface area contributed by atoms with Gasteiger partial charge in [-0.2, -0.15) is 0 Å². The fraction of sp³-hybridized carbons (Fsp3) is 0.500. The molecule has 1 aromatic rings. The molecule has 0 aliphatic carbocycles. The monoisotopic (exact) mass is 283 g/mol. The smallest absolute Gasteiger partial charge is 0.221 e. The Labute approximate surface area is 115 Å². The predicted octanol–water partition coefficient (Wildman–Crippen LogP) is 1.65. The van der Waals surface area contributed by atoms with Crippen LogP contribution in [0.5, 0.6) is 0 Å². The number of carbonyl (C=O) groups is 1. The van der Waals surface area contributed by atoms with Gasteiger partial charge in [-0.25, -0.2) is 8.42 Å². The van der Waals surface area contributed by atoms with Gasteiger partial charge in [0.05, 0.1) is 5.75 Å². The molecule has 1 aromatic carbocycles. The second-order valence-electron chi connectivity index (χ2n) is 5.00. The van der Waals surface area contributed by atoms with Crippen LogP contribution in [0, 0.1) is 6.92 Å². The molecule has 19 heavy (non-hydrogen) atoms. The van der Waals surface area contributed by atoms with Crippen LogP contribution < -0.4 is 5.32 Å². The van der Waals surface area contributed by atoms with Crippen molar-refractivity contribution in [1.82, 2.24) is 5.32 Å². The summed E-state index contributed by atoms with van der Waals surface area (Å²) in [5.41, 5.74) is 2.36.